The molecule has 0 radical (unpaired) electrons. The fourth-order valence-corrected chi connectivity index (χ4v) is 2.92. The van der Waals surface area contributed by atoms with Gasteiger partial charge in [-0.1, -0.05) is 13.8 Å². The normalized spacial score (nSPS) is 14.2. The Labute approximate surface area is 203 Å². The Balaban J connectivity index is 5.22. The first-order valence-electron chi connectivity index (χ1n) is 11.1. The SMILES string of the molecule is CC(C)CC(NC(=O)C(CCC(N)=O)NC(=O)C(CO)NC(=O)C(N)CCCN=C(N)N)C(=O)O. The van der Waals surface area contributed by atoms with Crippen LogP contribution in [0.15, 0.2) is 4.99 Å². The summed E-state index contributed by atoms with van der Waals surface area (Å²) in [4.78, 5) is 64.0. The largest absolute Gasteiger partial charge is 0.480 e. The van der Waals surface area contributed by atoms with Gasteiger partial charge in [-0.3, -0.25) is 24.2 Å². The molecule has 0 saturated heterocycles. The van der Waals surface area contributed by atoms with Crippen molar-refractivity contribution in [3.63, 3.8) is 0 Å². The van der Waals surface area contributed by atoms with Crippen molar-refractivity contribution in [3.05, 3.63) is 0 Å². The fraction of sp³-hybridized carbons (Fsp3) is 0.700. The van der Waals surface area contributed by atoms with Crippen molar-refractivity contribution in [1.82, 2.24) is 16.0 Å². The molecule has 0 aromatic carbocycles. The standard InChI is InChI=1S/C20H38N8O7/c1-10(2)8-13(19(34)35)27-17(32)12(5-6-15(22)30)26-18(33)14(9-29)28-16(31)11(21)4-3-7-25-20(23)24/h10-14,29H,3-9,21H2,1-2H3,(H2,22,30)(H,26,33)(H,27,32)(H,28,31)(H,34,35)(H4,23,24,25). The molecule has 0 aromatic heterocycles. The van der Waals surface area contributed by atoms with Gasteiger partial charge in [0.05, 0.1) is 12.6 Å². The van der Waals surface area contributed by atoms with Crippen LogP contribution in [-0.2, 0) is 24.0 Å². The van der Waals surface area contributed by atoms with Crippen molar-refractivity contribution in [3.8, 4) is 0 Å². The quantitative estimate of drug-likeness (QED) is 0.0531. The average Bonchev–Trinajstić information content (AvgIpc) is 2.75. The lowest BCUT2D eigenvalue weighted by atomic mass is 10.0. The van der Waals surface area contributed by atoms with E-state index in [1.807, 2.05) is 0 Å². The van der Waals surface area contributed by atoms with Crippen LogP contribution in [0.2, 0.25) is 0 Å². The van der Waals surface area contributed by atoms with Crippen molar-refractivity contribution < 1.29 is 34.2 Å². The minimum Gasteiger partial charge on any atom is -0.480 e. The highest BCUT2D eigenvalue weighted by molar-refractivity contribution is 5.94. The molecule has 0 aromatic rings. The summed E-state index contributed by atoms with van der Waals surface area (Å²) in [5.74, 6) is -4.68. The lowest BCUT2D eigenvalue weighted by Gasteiger charge is -2.24. The predicted octanol–water partition coefficient (Wildman–Crippen LogP) is -3.79. The maximum absolute atomic E-state index is 12.7. The zero-order valence-corrected chi connectivity index (χ0v) is 20.0. The van der Waals surface area contributed by atoms with Crippen molar-refractivity contribution in [2.24, 2.45) is 33.8 Å². The lowest BCUT2D eigenvalue weighted by molar-refractivity contribution is -0.143. The van der Waals surface area contributed by atoms with Crippen molar-refractivity contribution in [1.29, 1.82) is 0 Å². The van der Waals surface area contributed by atoms with E-state index in [-0.39, 0.29) is 44.1 Å². The first kappa shape index (κ1) is 31.5. The maximum Gasteiger partial charge on any atom is 0.326 e. The fourth-order valence-electron chi connectivity index (χ4n) is 2.92. The highest BCUT2D eigenvalue weighted by Crippen LogP contribution is 2.07. The van der Waals surface area contributed by atoms with Crippen LogP contribution in [0, 0.1) is 5.92 Å². The summed E-state index contributed by atoms with van der Waals surface area (Å²) in [6, 6.07) is -5.04. The molecule has 4 unspecified atom stereocenters. The van der Waals surface area contributed by atoms with Crippen LogP contribution in [0.4, 0.5) is 0 Å². The van der Waals surface area contributed by atoms with Crippen molar-refractivity contribution in [2.75, 3.05) is 13.2 Å². The summed E-state index contributed by atoms with van der Waals surface area (Å²) in [6.07, 6.45) is 0.208. The summed E-state index contributed by atoms with van der Waals surface area (Å²) in [5, 5.41) is 25.8. The van der Waals surface area contributed by atoms with Gasteiger partial charge in [-0.25, -0.2) is 4.79 Å². The predicted molar refractivity (Wildman–Crippen MR) is 126 cm³/mol. The van der Waals surface area contributed by atoms with Crippen LogP contribution in [-0.4, -0.2) is 83.1 Å². The average molecular weight is 503 g/mol. The van der Waals surface area contributed by atoms with E-state index >= 15 is 0 Å². The van der Waals surface area contributed by atoms with Gasteiger partial charge in [0.1, 0.15) is 18.1 Å². The van der Waals surface area contributed by atoms with Crippen LogP contribution >= 0.6 is 0 Å². The second-order valence-electron chi connectivity index (χ2n) is 8.39. The zero-order valence-electron chi connectivity index (χ0n) is 20.0. The number of aliphatic carboxylic acids is 1. The molecule has 13 N–H and O–H groups in total. The number of rotatable bonds is 17. The molecule has 200 valence electrons. The maximum atomic E-state index is 12.7. The summed E-state index contributed by atoms with van der Waals surface area (Å²) in [7, 11) is 0. The molecule has 0 rings (SSSR count). The number of aliphatic imine (C=N–C) groups is 1. The van der Waals surface area contributed by atoms with Gasteiger partial charge >= 0.3 is 5.97 Å². The smallest absolute Gasteiger partial charge is 0.326 e. The Hall–Kier alpha value is -3.46. The van der Waals surface area contributed by atoms with Crippen molar-refractivity contribution in [2.45, 2.75) is 70.1 Å². The molecule has 4 atom stereocenters. The van der Waals surface area contributed by atoms with Gasteiger partial charge in [-0.2, -0.15) is 0 Å². The summed E-state index contributed by atoms with van der Waals surface area (Å²) < 4.78 is 0. The van der Waals surface area contributed by atoms with Gasteiger partial charge in [-0.15, -0.1) is 0 Å². The molecule has 0 saturated carbocycles. The van der Waals surface area contributed by atoms with E-state index in [0.717, 1.165) is 0 Å². The van der Waals surface area contributed by atoms with E-state index in [2.05, 4.69) is 20.9 Å². The first-order valence-corrected chi connectivity index (χ1v) is 11.1. The molecule has 0 heterocycles. The number of primary amides is 1. The third-order valence-electron chi connectivity index (χ3n) is 4.75. The number of nitrogens with one attached hydrogen (secondary N) is 3. The van der Waals surface area contributed by atoms with Crippen LogP contribution < -0.4 is 38.9 Å². The second kappa shape index (κ2) is 16.2. The molecule has 0 aliphatic rings. The van der Waals surface area contributed by atoms with Crippen LogP contribution in [0.1, 0.15) is 46.0 Å². The van der Waals surface area contributed by atoms with Crippen LogP contribution in [0.5, 0.6) is 0 Å². The van der Waals surface area contributed by atoms with Crippen LogP contribution in [0.25, 0.3) is 0 Å². The molecule has 15 nitrogen and oxygen atoms in total. The number of carbonyl (C=O) groups is 5. The number of carbonyl (C=O) groups excluding carboxylic acids is 4. The number of carboxylic acids is 1. The Kier molecular flexibility index (Phi) is 14.6. The van der Waals surface area contributed by atoms with Crippen LogP contribution in [0.3, 0.4) is 0 Å². The first-order chi connectivity index (χ1) is 16.3. The van der Waals surface area contributed by atoms with Gasteiger partial charge in [-0.05, 0) is 31.6 Å². The highest BCUT2D eigenvalue weighted by Gasteiger charge is 2.30. The molecule has 0 fully saturated rings. The summed E-state index contributed by atoms with van der Waals surface area (Å²) >= 11 is 0. The molecule has 4 amide bonds. The molecule has 15 heteroatoms. The monoisotopic (exact) mass is 502 g/mol. The second-order valence-corrected chi connectivity index (χ2v) is 8.39. The topological polar surface area (TPSA) is 278 Å². The number of nitrogens with two attached hydrogens (primary N) is 4. The van der Waals surface area contributed by atoms with Gasteiger partial charge < -0.3 is 49.1 Å². The Morgan fingerprint density at radius 3 is 1.89 bits per heavy atom. The Bertz CT molecular complexity index is 771. The number of hydrogen-bond donors (Lipinski definition) is 9. The highest BCUT2D eigenvalue weighted by atomic mass is 16.4. The molecule has 0 spiro atoms. The molecule has 0 bridgehead atoms. The lowest BCUT2D eigenvalue weighted by Crippen LogP contribution is -2.58. The number of aliphatic hydroxyl groups is 1. The summed E-state index contributed by atoms with van der Waals surface area (Å²) in [6.45, 7) is 2.98. The molecular weight excluding hydrogens is 464 g/mol. The van der Waals surface area contributed by atoms with E-state index in [4.69, 9.17) is 22.9 Å². The number of amides is 4. The Morgan fingerprint density at radius 2 is 1.40 bits per heavy atom. The molecule has 0 aliphatic carbocycles. The van der Waals surface area contributed by atoms with E-state index in [0.29, 0.717) is 6.42 Å². The van der Waals surface area contributed by atoms with E-state index < -0.39 is 60.4 Å². The van der Waals surface area contributed by atoms with E-state index in [1.54, 1.807) is 13.8 Å². The van der Waals surface area contributed by atoms with E-state index in [1.165, 1.54) is 0 Å². The number of aliphatic hydroxyl groups excluding tert-OH is 1. The minimum absolute atomic E-state index is 0.0484. The van der Waals surface area contributed by atoms with Gasteiger partial charge in [0, 0.05) is 13.0 Å². The molecule has 0 aliphatic heterocycles. The minimum atomic E-state index is -1.46. The van der Waals surface area contributed by atoms with E-state index in [9.17, 15) is 34.2 Å². The molecular formula is C20H38N8O7. The third kappa shape index (κ3) is 13.7. The summed E-state index contributed by atoms with van der Waals surface area (Å²) in [5.41, 5.74) is 21.3. The zero-order chi connectivity index (χ0) is 27.1. The number of hydrogen-bond acceptors (Lipinski definition) is 8. The third-order valence-corrected chi connectivity index (χ3v) is 4.75. The number of carboxylic acid groups (broad SMARTS) is 1. The Morgan fingerprint density at radius 1 is 0.857 bits per heavy atom. The molecule has 35 heavy (non-hydrogen) atoms. The number of guanidine groups is 1. The van der Waals surface area contributed by atoms with Gasteiger partial charge in [0.15, 0.2) is 5.96 Å². The van der Waals surface area contributed by atoms with Gasteiger partial charge in [0.25, 0.3) is 0 Å². The van der Waals surface area contributed by atoms with Gasteiger partial charge in [0.2, 0.25) is 23.6 Å². The van der Waals surface area contributed by atoms with Crippen molar-refractivity contribution >= 4 is 35.6 Å². The number of nitrogens with zero attached hydrogens (tertiary/aromatic N) is 1.